The molecular weight excluding hydrogens is 435 g/mol. The lowest BCUT2D eigenvalue weighted by Crippen LogP contribution is -2.35. The maximum absolute atomic E-state index is 13.1. The van der Waals surface area contributed by atoms with E-state index in [1.165, 1.54) is 35.6 Å². The second kappa shape index (κ2) is 8.22. The van der Waals surface area contributed by atoms with Crippen molar-refractivity contribution in [3.05, 3.63) is 59.2 Å². The Bertz CT molecular complexity index is 1130. The molecular formula is C20H20F3N3O4S. The Morgan fingerprint density at radius 2 is 1.84 bits per heavy atom. The lowest BCUT2D eigenvalue weighted by atomic mass is 10.1. The van der Waals surface area contributed by atoms with Crippen molar-refractivity contribution < 1.29 is 31.2 Å². The summed E-state index contributed by atoms with van der Waals surface area (Å²) in [6.45, 7) is -0.180. The molecule has 31 heavy (non-hydrogen) atoms. The number of hydrogen-bond acceptors (Lipinski definition) is 4. The SMILES string of the molecule is CN(CC(=O)Nc1ccccc1C(F)(F)F)C(=O)c1ccc2c(c1)CCN2S(C)(=O)=O. The van der Waals surface area contributed by atoms with Gasteiger partial charge in [0.1, 0.15) is 0 Å². The number of fused-ring (bicyclic) bond motifs is 1. The molecule has 0 atom stereocenters. The lowest BCUT2D eigenvalue weighted by Gasteiger charge is -2.19. The highest BCUT2D eigenvalue weighted by Crippen LogP contribution is 2.34. The number of hydrogen-bond donors (Lipinski definition) is 1. The van der Waals surface area contributed by atoms with Crippen LogP contribution >= 0.6 is 0 Å². The van der Waals surface area contributed by atoms with Crippen LogP contribution < -0.4 is 9.62 Å². The van der Waals surface area contributed by atoms with Crippen LogP contribution in [0.4, 0.5) is 24.5 Å². The van der Waals surface area contributed by atoms with E-state index in [0.29, 0.717) is 17.7 Å². The number of likely N-dealkylation sites (N-methyl/N-ethyl adjacent to an activating group) is 1. The van der Waals surface area contributed by atoms with Gasteiger partial charge in [-0.1, -0.05) is 12.1 Å². The topological polar surface area (TPSA) is 86.8 Å². The molecule has 0 aromatic heterocycles. The van der Waals surface area contributed by atoms with Gasteiger partial charge in [-0.15, -0.1) is 0 Å². The molecule has 0 unspecified atom stereocenters. The highest BCUT2D eigenvalue weighted by molar-refractivity contribution is 7.92. The molecule has 0 radical (unpaired) electrons. The Morgan fingerprint density at radius 1 is 1.16 bits per heavy atom. The normalized spacial score (nSPS) is 13.6. The first kappa shape index (κ1) is 22.6. The molecule has 0 saturated heterocycles. The van der Waals surface area contributed by atoms with Crippen molar-refractivity contribution in [3.63, 3.8) is 0 Å². The number of carbonyl (C=O) groups is 2. The van der Waals surface area contributed by atoms with Crippen molar-refractivity contribution in [1.29, 1.82) is 0 Å². The molecule has 1 heterocycles. The molecule has 0 fully saturated rings. The highest BCUT2D eigenvalue weighted by atomic mass is 32.2. The number of carbonyl (C=O) groups excluding carboxylic acids is 2. The molecule has 2 aromatic carbocycles. The second-order valence-electron chi connectivity index (χ2n) is 7.18. The van der Waals surface area contributed by atoms with Gasteiger partial charge in [-0.25, -0.2) is 8.42 Å². The van der Waals surface area contributed by atoms with Crippen LogP contribution in [-0.2, 0) is 27.4 Å². The summed E-state index contributed by atoms with van der Waals surface area (Å²) in [5, 5.41) is 2.19. The summed E-state index contributed by atoms with van der Waals surface area (Å²) in [4.78, 5) is 26.0. The Morgan fingerprint density at radius 3 is 2.48 bits per heavy atom. The fourth-order valence-electron chi connectivity index (χ4n) is 3.39. The van der Waals surface area contributed by atoms with Crippen molar-refractivity contribution in [2.75, 3.05) is 36.0 Å². The number of amides is 2. The fourth-order valence-corrected chi connectivity index (χ4v) is 4.34. The van der Waals surface area contributed by atoms with E-state index in [-0.39, 0.29) is 17.8 Å². The number of anilines is 2. The second-order valence-corrected chi connectivity index (χ2v) is 9.09. The Labute approximate surface area is 177 Å². The van der Waals surface area contributed by atoms with Gasteiger partial charge in [-0.05, 0) is 42.3 Å². The minimum atomic E-state index is -4.63. The third kappa shape index (κ3) is 4.98. The summed E-state index contributed by atoms with van der Waals surface area (Å²) in [6.07, 6.45) is -3.08. The summed E-state index contributed by atoms with van der Waals surface area (Å²) >= 11 is 0. The molecule has 0 spiro atoms. The van der Waals surface area contributed by atoms with Gasteiger partial charge in [0.25, 0.3) is 5.91 Å². The molecule has 11 heteroatoms. The smallest absolute Gasteiger partial charge is 0.332 e. The van der Waals surface area contributed by atoms with Crippen LogP contribution in [0, 0.1) is 0 Å². The van der Waals surface area contributed by atoms with E-state index in [1.54, 1.807) is 6.07 Å². The molecule has 3 rings (SSSR count). The number of alkyl halides is 3. The molecule has 2 aromatic rings. The minimum Gasteiger partial charge on any atom is -0.332 e. The summed E-state index contributed by atoms with van der Waals surface area (Å²) in [7, 11) is -2.07. The first-order valence-electron chi connectivity index (χ1n) is 9.20. The van der Waals surface area contributed by atoms with Crippen LogP contribution in [-0.4, -0.2) is 51.5 Å². The molecule has 0 bridgehead atoms. The largest absolute Gasteiger partial charge is 0.418 e. The fraction of sp³-hybridized carbons (Fsp3) is 0.300. The van der Waals surface area contributed by atoms with E-state index < -0.39 is 40.1 Å². The molecule has 1 N–H and O–H groups in total. The maximum atomic E-state index is 13.1. The Hall–Kier alpha value is -3.08. The quantitative estimate of drug-likeness (QED) is 0.751. The van der Waals surface area contributed by atoms with Gasteiger partial charge in [0, 0.05) is 19.2 Å². The summed E-state index contributed by atoms with van der Waals surface area (Å²) in [5.74, 6) is -1.29. The van der Waals surface area contributed by atoms with Crippen molar-refractivity contribution in [2.45, 2.75) is 12.6 Å². The molecule has 1 aliphatic rings. The zero-order chi connectivity index (χ0) is 23.0. The summed E-state index contributed by atoms with van der Waals surface area (Å²) in [6, 6.07) is 9.13. The summed E-state index contributed by atoms with van der Waals surface area (Å²) in [5.41, 5.74) is 0.0714. The number of nitrogens with zero attached hydrogens (tertiary/aromatic N) is 2. The van der Waals surface area contributed by atoms with E-state index >= 15 is 0 Å². The van der Waals surface area contributed by atoms with Crippen LogP contribution in [0.25, 0.3) is 0 Å². The van der Waals surface area contributed by atoms with E-state index in [4.69, 9.17) is 0 Å². The standard InChI is InChI=1S/C20H20F3N3O4S/c1-25(12-18(27)24-16-6-4-3-5-15(16)20(21,22)23)19(28)14-7-8-17-13(11-14)9-10-26(17)31(2,29)30/h3-8,11H,9-10,12H2,1-2H3,(H,24,27). The maximum Gasteiger partial charge on any atom is 0.418 e. The van der Waals surface area contributed by atoms with Gasteiger partial charge in [-0.3, -0.25) is 13.9 Å². The van der Waals surface area contributed by atoms with Crippen molar-refractivity contribution in [2.24, 2.45) is 0 Å². The molecule has 166 valence electrons. The predicted molar refractivity (Wildman–Crippen MR) is 109 cm³/mol. The lowest BCUT2D eigenvalue weighted by molar-refractivity contribution is -0.137. The first-order valence-corrected chi connectivity index (χ1v) is 11.0. The number of benzene rings is 2. The van der Waals surface area contributed by atoms with Gasteiger partial charge in [0.15, 0.2) is 0 Å². The number of rotatable bonds is 5. The van der Waals surface area contributed by atoms with Gasteiger partial charge in [-0.2, -0.15) is 13.2 Å². The van der Waals surface area contributed by atoms with Crippen LogP contribution in [0.1, 0.15) is 21.5 Å². The number of halogens is 3. The monoisotopic (exact) mass is 455 g/mol. The van der Waals surface area contributed by atoms with Gasteiger partial charge in [0.2, 0.25) is 15.9 Å². The molecule has 0 aliphatic carbocycles. The average molecular weight is 455 g/mol. The van der Waals surface area contributed by atoms with Gasteiger partial charge >= 0.3 is 6.18 Å². The zero-order valence-corrected chi connectivity index (χ0v) is 17.5. The van der Waals surface area contributed by atoms with E-state index in [9.17, 15) is 31.2 Å². The third-order valence-electron chi connectivity index (χ3n) is 4.81. The zero-order valence-electron chi connectivity index (χ0n) is 16.7. The average Bonchev–Trinajstić information content (AvgIpc) is 3.10. The van der Waals surface area contributed by atoms with Gasteiger partial charge in [0.05, 0.1) is 29.7 Å². The molecule has 7 nitrogen and oxygen atoms in total. The molecule has 0 saturated carbocycles. The minimum absolute atomic E-state index is 0.250. The molecule has 1 aliphatic heterocycles. The Balaban J connectivity index is 1.70. The third-order valence-corrected chi connectivity index (χ3v) is 5.99. The van der Waals surface area contributed by atoms with E-state index in [1.807, 2.05) is 0 Å². The van der Waals surface area contributed by atoms with Crippen LogP contribution in [0.3, 0.4) is 0 Å². The number of nitrogens with one attached hydrogen (secondary N) is 1. The van der Waals surface area contributed by atoms with E-state index in [0.717, 1.165) is 23.3 Å². The number of sulfonamides is 1. The summed E-state index contributed by atoms with van der Waals surface area (Å²) < 4.78 is 64.1. The first-order chi connectivity index (χ1) is 14.4. The molecule has 2 amide bonds. The highest BCUT2D eigenvalue weighted by Gasteiger charge is 2.33. The van der Waals surface area contributed by atoms with Crippen LogP contribution in [0.5, 0.6) is 0 Å². The van der Waals surface area contributed by atoms with Gasteiger partial charge < -0.3 is 10.2 Å². The van der Waals surface area contributed by atoms with Crippen LogP contribution in [0.2, 0.25) is 0 Å². The van der Waals surface area contributed by atoms with Crippen molar-refractivity contribution >= 4 is 33.2 Å². The Kier molecular flexibility index (Phi) is 5.99. The van der Waals surface area contributed by atoms with Crippen molar-refractivity contribution in [3.8, 4) is 0 Å². The predicted octanol–water partition coefficient (Wildman–Crippen LogP) is 2.74. The van der Waals surface area contributed by atoms with Crippen molar-refractivity contribution in [1.82, 2.24) is 4.90 Å². The van der Waals surface area contributed by atoms with Crippen LogP contribution in [0.15, 0.2) is 42.5 Å². The van der Waals surface area contributed by atoms with E-state index in [2.05, 4.69) is 5.32 Å². The number of para-hydroxylation sites is 1.